The van der Waals surface area contributed by atoms with Gasteiger partial charge in [-0.15, -0.1) is 0 Å². The van der Waals surface area contributed by atoms with Gasteiger partial charge in [-0.1, -0.05) is 56.3 Å². The summed E-state index contributed by atoms with van der Waals surface area (Å²) in [6, 6.07) is 15.5. The van der Waals surface area contributed by atoms with Crippen LogP contribution in [0.15, 0.2) is 60.7 Å². The van der Waals surface area contributed by atoms with Gasteiger partial charge in [0.1, 0.15) is 11.1 Å². The highest BCUT2D eigenvalue weighted by molar-refractivity contribution is 6.30. The lowest BCUT2D eigenvalue weighted by Crippen LogP contribution is -2.25. The molecule has 0 saturated heterocycles. The Morgan fingerprint density at radius 1 is 0.944 bits per heavy atom. The van der Waals surface area contributed by atoms with Crippen molar-refractivity contribution >= 4 is 34.8 Å². The van der Waals surface area contributed by atoms with Gasteiger partial charge in [-0.3, -0.25) is 24.5 Å². The fraction of sp³-hybridized carbons (Fsp3) is 0.185. The largest absolute Gasteiger partial charge is 0.452 e. The molecule has 182 valence electrons. The first-order valence-electron chi connectivity index (χ1n) is 11.3. The molecule has 1 amide bonds. The van der Waals surface area contributed by atoms with Gasteiger partial charge >= 0.3 is 5.97 Å². The number of nitro benzene ring substituents is 1. The number of esters is 1. The van der Waals surface area contributed by atoms with Crippen LogP contribution in [-0.4, -0.2) is 35.0 Å². The predicted molar refractivity (Wildman–Crippen MR) is 130 cm³/mol. The number of amides is 1. The second-order valence-corrected chi connectivity index (χ2v) is 8.37. The zero-order valence-corrected chi connectivity index (χ0v) is 19.6. The minimum Gasteiger partial charge on any atom is -0.452 e. The summed E-state index contributed by atoms with van der Waals surface area (Å²) in [6.45, 7) is 3.34. The minimum absolute atomic E-state index is 0.0166. The van der Waals surface area contributed by atoms with E-state index in [1.807, 2.05) is 26.0 Å². The van der Waals surface area contributed by atoms with Gasteiger partial charge in [0, 0.05) is 22.4 Å². The Hall–Kier alpha value is -4.66. The number of rotatable bonds is 7. The number of hydrogen-bond acceptors (Lipinski definition) is 7. The molecule has 0 bridgehead atoms. The average Bonchev–Trinajstić information content (AvgIpc) is 2.89. The zero-order chi connectivity index (χ0) is 26.0. The van der Waals surface area contributed by atoms with Gasteiger partial charge < -0.3 is 10.1 Å². The predicted octanol–water partition coefficient (Wildman–Crippen LogP) is 4.68. The quantitative estimate of drug-likeness (QED) is 0.228. The van der Waals surface area contributed by atoms with Gasteiger partial charge in [-0.2, -0.15) is 0 Å². The molecule has 36 heavy (non-hydrogen) atoms. The Bertz CT molecular complexity index is 1430. The lowest BCUT2D eigenvalue weighted by Gasteiger charge is -2.18. The van der Waals surface area contributed by atoms with Crippen molar-refractivity contribution in [2.45, 2.75) is 26.2 Å². The smallest absolute Gasteiger partial charge is 0.345 e. The highest BCUT2D eigenvalue weighted by Crippen LogP contribution is 2.35. The second kappa shape index (κ2) is 9.91. The van der Waals surface area contributed by atoms with E-state index in [9.17, 15) is 29.3 Å². The van der Waals surface area contributed by atoms with E-state index >= 15 is 0 Å². The molecule has 4 rings (SSSR count). The Morgan fingerprint density at radius 3 is 2.25 bits per heavy atom. The van der Waals surface area contributed by atoms with Gasteiger partial charge in [0.25, 0.3) is 11.6 Å². The number of ketones is 2. The molecular weight excluding hydrogens is 464 g/mol. The number of nitrogens with zero attached hydrogens (tertiary/aromatic N) is 1. The molecule has 3 aromatic carbocycles. The molecule has 0 heterocycles. The summed E-state index contributed by atoms with van der Waals surface area (Å²) >= 11 is 0. The number of nitrogens with one attached hydrogen (secondary N) is 1. The van der Waals surface area contributed by atoms with Crippen molar-refractivity contribution in [3.63, 3.8) is 0 Å². The number of carbonyl (C=O) groups is 4. The van der Waals surface area contributed by atoms with E-state index in [4.69, 9.17) is 4.74 Å². The summed E-state index contributed by atoms with van der Waals surface area (Å²) in [6.07, 6.45) is 0.857. The number of fused-ring (bicyclic) bond motifs is 2. The number of carbonyl (C=O) groups excluding carboxylic acids is 4. The van der Waals surface area contributed by atoms with Crippen molar-refractivity contribution in [1.82, 2.24) is 0 Å². The van der Waals surface area contributed by atoms with Crippen LogP contribution in [0.2, 0.25) is 0 Å². The molecule has 9 heteroatoms. The SMILES string of the molecule is CC[C@@H](C)c1ccccc1NC(=O)COC(=O)c1ccc2c(c1[N+](=O)[O-])C(=O)c1ccccc1C2=O. The summed E-state index contributed by atoms with van der Waals surface area (Å²) in [5.41, 5.74) is -0.327. The first kappa shape index (κ1) is 24.5. The number of anilines is 1. The number of nitro groups is 1. The van der Waals surface area contributed by atoms with Crippen LogP contribution < -0.4 is 5.32 Å². The first-order chi connectivity index (χ1) is 17.2. The first-order valence-corrected chi connectivity index (χ1v) is 11.3. The molecule has 0 fully saturated rings. The normalized spacial score (nSPS) is 12.8. The molecule has 0 aromatic heterocycles. The van der Waals surface area contributed by atoms with Crippen molar-refractivity contribution in [3.05, 3.63) is 104 Å². The molecule has 0 aliphatic heterocycles. The highest BCUT2D eigenvalue weighted by atomic mass is 16.6. The standard InChI is InChI=1S/C27H22N2O7/c1-3-15(2)16-8-6-7-11-21(16)28-22(30)14-36-27(33)20-13-12-19-23(24(20)29(34)35)26(32)18-10-5-4-9-17(18)25(19)31/h4-13,15H,3,14H2,1-2H3,(H,28,30)/t15-/m1/s1. The highest BCUT2D eigenvalue weighted by Gasteiger charge is 2.39. The van der Waals surface area contributed by atoms with Crippen molar-refractivity contribution in [1.29, 1.82) is 0 Å². The van der Waals surface area contributed by atoms with E-state index < -0.39 is 51.8 Å². The second-order valence-electron chi connectivity index (χ2n) is 8.37. The van der Waals surface area contributed by atoms with Crippen molar-refractivity contribution < 1.29 is 28.8 Å². The topological polar surface area (TPSA) is 133 Å². The van der Waals surface area contributed by atoms with Crippen LogP contribution in [0, 0.1) is 10.1 Å². The van der Waals surface area contributed by atoms with Crippen LogP contribution in [0.5, 0.6) is 0 Å². The summed E-state index contributed by atoms with van der Waals surface area (Å²) < 4.78 is 5.05. The third-order valence-corrected chi connectivity index (χ3v) is 6.18. The fourth-order valence-electron chi connectivity index (χ4n) is 4.18. The maximum absolute atomic E-state index is 13.1. The number of benzene rings is 3. The van der Waals surface area contributed by atoms with Gasteiger partial charge in [0.15, 0.2) is 12.4 Å². The minimum atomic E-state index is -1.16. The molecule has 0 spiro atoms. The van der Waals surface area contributed by atoms with Crippen molar-refractivity contribution in [3.8, 4) is 0 Å². The molecule has 0 unspecified atom stereocenters. The van der Waals surface area contributed by atoms with E-state index in [1.165, 1.54) is 24.3 Å². The van der Waals surface area contributed by atoms with Crippen LogP contribution in [0.1, 0.15) is 74.0 Å². The summed E-state index contributed by atoms with van der Waals surface area (Å²) in [5, 5.41) is 14.6. The lowest BCUT2D eigenvalue weighted by molar-refractivity contribution is -0.385. The van der Waals surface area contributed by atoms with Crippen molar-refractivity contribution in [2.24, 2.45) is 0 Å². The van der Waals surface area contributed by atoms with Crippen LogP contribution in [0.4, 0.5) is 11.4 Å². The summed E-state index contributed by atoms with van der Waals surface area (Å²) in [5.74, 6) is -2.88. The van der Waals surface area contributed by atoms with E-state index in [0.29, 0.717) is 5.69 Å². The Labute approximate surface area is 206 Å². The molecule has 1 aliphatic rings. The number of para-hydroxylation sites is 1. The Morgan fingerprint density at radius 2 is 1.58 bits per heavy atom. The summed E-state index contributed by atoms with van der Waals surface area (Å²) in [7, 11) is 0. The number of ether oxygens (including phenoxy) is 1. The average molecular weight is 486 g/mol. The van der Waals surface area contributed by atoms with Gasteiger partial charge in [0.05, 0.1) is 4.92 Å². The molecule has 1 atom stereocenters. The van der Waals surface area contributed by atoms with E-state index in [0.717, 1.165) is 18.1 Å². The van der Waals surface area contributed by atoms with Crippen LogP contribution >= 0.6 is 0 Å². The molecule has 1 N–H and O–H groups in total. The van der Waals surface area contributed by atoms with Gasteiger partial charge in [-0.05, 0) is 36.1 Å². The molecular formula is C27H22N2O7. The third-order valence-electron chi connectivity index (χ3n) is 6.18. The fourth-order valence-corrected chi connectivity index (χ4v) is 4.18. The van der Waals surface area contributed by atoms with Gasteiger partial charge in [-0.25, -0.2) is 4.79 Å². The lowest BCUT2D eigenvalue weighted by atomic mass is 9.82. The molecule has 0 saturated carbocycles. The molecule has 0 radical (unpaired) electrons. The van der Waals surface area contributed by atoms with E-state index in [1.54, 1.807) is 18.2 Å². The summed E-state index contributed by atoms with van der Waals surface area (Å²) in [4.78, 5) is 62.2. The Balaban J connectivity index is 1.58. The van der Waals surface area contributed by atoms with Crippen LogP contribution in [0.3, 0.4) is 0 Å². The number of hydrogen-bond donors (Lipinski definition) is 1. The monoisotopic (exact) mass is 486 g/mol. The van der Waals surface area contributed by atoms with E-state index in [-0.39, 0.29) is 22.6 Å². The zero-order valence-electron chi connectivity index (χ0n) is 19.6. The molecule has 1 aliphatic carbocycles. The maximum atomic E-state index is 13.1. The molecule has 3 aromatic rings. The third kappa shape index (κ3) is 4.38. The Kier molecular flexibility index (Phi) is 6.73. The maximum Gasteiger partial charge on any atom is 0.345 e. The van der Waals surface area contributed by atoms with Crippen molar-refractivity contribution in [2.75, 3.05) is 11.9 Å². The van der Waals surface area contributed by atoms with Gasteiger partial charge in [0.2, 0.25) is 5.78 Å². The van der Waals surface area contributed by atoms with Crippen LogP contribution in [-0.2, 0) is 9.53 Å². The molecule has 9 nitrogen and oxygen atoms in total. The van der Waals surface area contributed by atoms with E-state index in [2.05, 4.69) is 5.32 Å². The van der Waals surface area contributed by atoms with Crippen LogP contribution in [0.25, 0.3) is 0 Å².